The van der Waals surface area contributed by atoms with Crippen molar-refractivity contribution in [3.05, 3.63) is 58.0 Å². The zero-order chi connectivity index (χ0) is 25.1. The van der Waals surface area contributed by atoms with Crippen molar-refractivity contribution in [2.45, 2.75) is 44.4 Å². The molecule has 3 aromatic rings. The van der Waals surface area contributed by atoms with E-state index in [1.807, 2.05) is 30.9 Å². The SMILES string of the molecule is CC(C)c1noc(C2CCN(c3ncnc(Oc4ccc(C5COSOC5)cc4)c3[N+](=O)[O-])CC2)n1. The highest BCUT2D eigenvalue weighted by Crippen LogP contribution is 2.39. The highest BCUT2D eigenvalue weighted by Gasteiger charge is 2.33. The van der Waals surface area contributed by atoms with Crippen molar-refractivity contribution in [1.29, 1.82) is 0 Å². The van der Waals surface area contributed by atoms with Gasteiger partial charge in [0, 0.05) is 30.8 Å². The molecule has 0 atom stereocenters. The molecule has 0 unspecified atom stereocenters. The zero-order valence-corrected chi connectivity index (χ0v) is 20.7. The molecule has 2 saturated heterocycles. The first kappa shape index (κ1) is 24.4. The van der Waals surface area contributed by atoms with E-state index >= 15 is 0 Å². The first-order chi connectivity index (χ1) is 17.5. The molecule has 2 aliphatic heterocycles. The van der Waals surface area contributed by atoms with E-state index in [9.17, 15) is 10.1 Å². The molecule has 0 spiro atoms. The number of rotatable bonds is 7. The normalized spacial score (nSPS) is 17.5. The summed E-state index contributed by atoms with van der Waals surface area (Å²) in [6.45, 7) is 6.24. The lowest BCUT2D eigenvalue weighted by molar-refractivity contribution is -0.385. The van der Waals surface area contributed by atoms with Crippen LogP contribution in [0.2, 0.25) is 0 Å². The van der Waals surface area contributed by atoms with Crippen molar-refractivity contribution in [3.8, 4) is 11.6 Å². The first-order valence-corrected chi connectivity index (χ1v) is 12.4. The molecule has 2 aliphatic rings. The minimum Gasteiger partial charge on any atom is -0.434 e. The minimum absolute atomic E-state index is 0.0981. The van der Waals surface area contributed by atoms with Gasteiger partial charge in [0.05, 0.1) is 18.1 Å². The van der Waals surface area contributed by atoms with Crippen molar-refractivity contribution in [3.63, 3.8) is 0 Å². The van der Waals surface area contributed by atoms with E-state index in [2.05, 4.69) is 20.1 Å². The third-order valence-electron chi connectivity index (χ3n) is 6.27. The number of aromatic nitrogens is 4. The number of hydrogen-bond donors (Lipinski definition) is 0. The number of benzene rings is 1. The molecule has 0 bridgehead atoms. The summed E-state index contributed by atoms with van der Waals surface area (Å²) >= 11 is 0.999. The van der Waals surface area contributed by atoms with Crippen molar-refractivity contribution in [1.82, 2.24) is 20.1 Å². The Kier molecular flexibility index (Phi) is 7.30. The average molecular weight is 515 g/mol. The van der Waals surface area contributed by atoms with E-state index in [4.69, 9.17) is 17.6 Å². The van der Waals surface area contributed by atoms with Gasteiger partial charge in [0.25, 0.3) is 0 Å². The first-order valence-electron chi connectivity index (χ1n) is 11.8. The minimum atomic E-state index is -0.494. The Morgan fingerprint density at radius 3 is 2.47 bits per heavy atom. The van der Waals surface area contributed by atoms with E-state index in [1.54, 1.807) is 12.1 Å². The molecular formula is C23H26N6O6S. The Hall–Kier alpha value is -3.29. The second kappa shape index (κ2) is 10.8. The summed E-state index contributed by atoms with van der Waals surface area (Å²) in [6.07, 6.45) is 2.72. The molecule has 4 heterocycles. The molecule has 0 radical (unpaired) electrons. The van der Waals surface area contributed by atoms with E-state index in [0.717, 1.165) is 17.9 Å². The molecule has 0 aliphatic carbocycles. The summed E-state index contributed by atoms with van der Waals surface area (Å²) in [5, 5.41) is 16.1. The van der Waals surface area contributed by atoms with Crippen LogP contribution in [0.4, 0.5) is 11.5 Å². The number of nitro groups is 1. The smallest absolute Gasteiger partial charge is 0.373 e. The maximum Gasteiger partial charge on any atom is 0.373 e. The second-order valence-corrected chi connectivity index (χ2v) is 9.63. The van der Waals surface area contributed by atoms with E-state index < -0.39 is 4.92 Å². The van der Waals surface area contributed by atoms with E-state index in [-0.39, 0.29) is 35.1 Å². The summed E-state index contributed by atoms with van der Waals surface area (Å²) in [4.78, 5) is 26.2. The van der Waals surface area contributed by atoms with Crippen molar-refractivity contribution >= 4 is 23.8 Å². The van der Waals surface area contributed by atoms with Crippen LogP contribution >= 0.6 is 12.3 Å². The summed E-state index contributed by atoms with van der Waals surface area (Å²) in [5.74, 6) is 2.30. The predicted octanol–water partition coefficient (Wildman–Crippen LogP) is 4.76. The Morgan fingerprint density at radius 2 is 1.83 bits per heavy atom. The fourth-order valence-electron chi connectivity index (χ4n) is 4.22. The molecule has 13 heteroatoms. The molecule has 2 aromatic heterocycles. The van der Waals surface area contributed by atoms with Crippen LogP contribution in [-0.2, 0) is 8.37 Å². The van der Waals surface area contributed by atoms with E-state index in [1.165, 1.54) is 6.33 Å². The van der Waals surface area contributed by atoms with Crippen molar-refractivity contribution in [2.24, 2.45) is 0 Å². The molecule has 1 aromatic carbocycles. The van der Waals surface area contributed by atoms with Gasteiger partial charge < -0.3 is 14.2 Å². The van der Waals surface area contributed by atoms with Crippen LogP contribution in [0.1, 0.15) is 61.7 Å². The highest BCUT2D eigenvalue weighted by atomic mass is 32.2. The number of nitrogens with zero attached hydrogens (tertiary/aromatic N) is 6. The molecule has 12 nitrogen and oxygen atoms in total. The Bertz CT molecular complexity index is 1190. The molecule has 190 valence electrons. The van der Waals surface area contributed by atoms with Gasteiger partial charge in [-0.3, -0.25) is 18.5 Å². The number of anilines is 1. The van der Waals surface area contributed by atoms with Gasteiger partial charge >= 0.3 is 11.6 Å². The topological polar surface area (TPSA) is 139 Å². The maximum absolute atomic E-state index is 12.0. The Morgan fingerprint density at radius 1 is 1.11 bits per heavy atom. The van der Waals surface area contributed by atoms with E-state index in [0.29, 0.717) is 56.6 Å². The van der Waals surface area contributed by atoms with Crippen molar-refractivity contribution < 1.29 is 22.5 Å². The third-order valence-corrected chi connectivity index (χ3v) is 6.73. The lowest BCUT2D eigenvalue weighted by atomic mass is 9.96. The standard InChI is InChI=1S/C23H26N6O6S/c1-14(2)20-26-22(35-27-20)16-7-9-28(10-8-16)21-19(29(30)31)23(25-13-24-21)34-18-5-3-15(4-6-18)17-11-32-36-33-12-17/h3-6,13-14,16-17H,7-12H2,1-2H3. The largest absolute Gasteiger partial charge is 0.434 e. The molecule has 2 fully saturated rings. The van der Waals surface area contributed by atoms with Crippen LogP contribution in [0.25, 0.3) is 0 Å². The number of hydrogen-bond acceptors (Lipinski definition) is 12. The zero-order valence-electron chi connectivity index (χ0n) is 19.9. The third kappa shape index (κ3) is 5.27. The van der Waals surface area contributed by atoms with Crippen LogP contribution in [0.15, 0.2) is 35.1 Å². The van der Waals surface area contributed by atoms with Crippen LogP contribution in [0.3, 0.4) is 0 Å². The molecule has 0 amide bonds. The van der Waals surface area contributed by atoms with Gasteiger partial charge in [0.15, 0.2) is 18.1 Å². The summed E-state index contributed by atoms with van der Waals surface area (Å²) in [6, 6.07) is 7.29. The fourth-order valence-corrected chi connectivity index (χ4v) is 4.73. The average Bonchev–Trinajstić information content (AvgIpc) is 3.40. The predicted molar refractivity (Wildman–Crippen MR) is 130 cm³/mol. The second-order valence-electron chi connectivity index (χ2n) is 9.02. The molecule has 36 heavy (non-hydrogen) atoms. The van der Waals surface area contributed by atoms with Gasteiger partial charge in [-0.05, 0) is 30.5 Å². The highest BCUT2D eigenvalue weighted by molar-refractivity contribution is 7.89. The molecule has 0 saturated carbocycles. The van der Waals surface area contributed by atoms with Gasteiger partial charge in [-0.25, -0.2) is 4.98 Å². The van der Waals surface area contributed by atoms with Crippen LogP contribution in [0, 0.1) is 10.1 Å². The fraction of sp³-hybridized carbons (Fsp3) is 0.478. The van der Waals surface area contributed by atoms with Gasteiger partial charge in [-0.2, -0.15) is 9.97 Å². The Balaban J connectivity index is 1.30. The summed E-state index contributed by atoms with van der Waals surface area (Å²) in [7, 11) is 0. The number of piperidine rings is 1. The summed E-state index contributed by atoms with van der Waals surface area (Å²) < 4.78 is 21.8. The van der Waals surface area contributed by atoms with Crippen LogP contribution in [0.5, 0.6) is 11.6 Å². The van der Waals surface area contributed by atoms with Crippen LogP contribution < -0.4 is 9.64 Å². The lowest BCUT2D eigenvalue weighted by Crippen LogP contribution is -2.34. The van der Waals surface area contributed by atoms with Crippen molar-refractivity contribution in [2.75, 3.05) is 31.2 Å². The van der Waals surface area contributed by atoms with Gasteiger partial charge in [-0.1, -0.05) is 31.1 Å². The van der Waals surface area contributed by atoms with Crippen LogP contribution in [-0.4, -0.2) is 51.3 Å². The Labute approximate surface area is 211 Å². The molecular weight excluding hydrogens is 488 g/mol. The molecule has 5 rings (SSSR count). The maximum atomic E-state index is 12.0. The molecule has 0 N–H and O–H groups in total. The monoisotopic (exact) mass is 514 g/mol. The van der Waals surface area contributed by atoms with Gasteiger partial charge in [0.2, 0.25) is 11.7 Å². The lowest BCUT2D eigenvalue weighted by Gasteiger charge is -2.30. The number of ether oxygens (including phenoxy) is 1. The van der Waals surface area contributed by atoms with Gasteiger partial charge in [-0.15, -0.1) is 0 Å². The summed E-state index contributed by atoms with van der Waals surface area (Å²) in [5.41, 5.74) is 0.774. The quantitative estimate of drug-likeness (QED) is 0.244. The van der Waals surface area contributed by atoms with Gasteiger partial charge in [0.1, 0.15) is 12.1 Å².